The lowest BCUT2D eigenvalue weighted by molar-refractivity contribution is 0.617. The molecule has 0 saturated heterocycles. The van der Waals surface area contributed by atoms with Crippen LogP contribution in [0.1, 0.15) is 11.1 Å². The minimum Gasteiger partial charge on any atom is -0.368 e. The van der Waals surface area contributed by atoms with Crippen molar-refractivity contribution in [3.63, 3.8) is 0 Å². The molecule has 0 fully saturated rings. The van der Waals surface area contributed by atoms with E-state index in [1.165, 1.54) is 11.6 Å². The van der Waals surface area contributed by atoms with Gasteiger partial charge in [0.1, 0.15) is 5.82 Å². The first-order chi connectivity index (χ1) is 8.72. The van der Waals surface area contributed by atoms with Crippen LogP contribution in [0.5, 0.6) is 0 Å². The van der Waals surface area contributed by atoms with E-state index in [4.69, 9.17) is 0 Å². The fourth-order valence-electron chi connectivity index (χ4n) is 2.06. The van der Waals surface area contributed by atoms with Crippen LogP contribution in [0.25, 0.3) is 0 Å². The van der Waals surface area contributed by atoms with Gasteiger partial charge in [-0.2, -0.15) is 11.3 Å². The van der Waals surface area contributed by atoms with E-state index in [1.54, 1.807) is 17.4 Å². The highest BCUT2D eigenvalue weighted by molar-refractivity contribution is 7.07. The highest BCUT2D eigenvalue weighted by Gasteiger charge is 2.12. The van der Waals surface area contributed by atoms with Gasteiger partial charge in [-0.3, -0.25) is 0 Å². The van der Waals surface area contributed by atoms with Gasteiger partial charge in [-0.25, -0.2) is 4.39 Å². The molecule has 18 heavy (non-hydrogen) atoms. The average molecular weight is 264 g/mol. The summed E-state index contributed by atoms with van der Waals surface area (Å²) >= 11 is 1.66. The monoisotopic (exact) mass is 264 g/mol. The Morgan fingerprint density at radius 3 is 2.83 bits per heavy atom. The molecule has 0 amide bonds. The molecule has 96 valence electrons. The van der Waals surface area contributed by atoms with Crippen LogP contribution in [0.3, 0.4) is 0 Å². The standard InChI is InChI=1S/C14H17FN2S/c1-16-8-12-4-3-5-13(15)14(12)17(2)9-11-6-7-18-10-11/h3-7,10,16H,8-9H2,1-2H3. The van der Waals surface area contributed by atoms with Crippen LogP contribution in [0.2, 0.25) is 0 Å². The molecule has 4 heteroatoms. The summed E-state index contributed by atoms with van der Waals surface area (Å²) < 4.78 is 14.0. The van der Waals surface area contributed by atoms with E-state index in [0.717, 1.165) is 12.1 Å². The van der Waals surface area contributed by atoms with Gasteiger partial charge in [0.05, 0.1) is 5.69 Å². The molecule has 0 atom stereocenters. The van der Waals surface area contributed by atoms with Crippen molar-refractivity contribution in [3.05, 3.63) is 52.0 Å². The van der Waals surface area contributed by atoms with Crippen LogP contribution in [-0.2, 0) is 13.1 Å². The van der Waals surface area contributed by atoms with Gasteiger partial charge >= 0.3 is 0 Å². The zero-order valence-corrected chi connectivity index (χ0v) is 11.4. The van der Waals surface area contributed by atoms with Gasteiger partial charge in [0.15, 0.2) is 0 Å². The van der Waals surface area contributed by atoms with Crippen molar-refractivity contribution in [2.75, 3.05) is 19.0 Å². The van der Waals surface area contributed by atoms with Crippen molar-refractivity contribution in [3.8, 4) is 0 Å². The molecule has 0 unspecified atom stereocenters. The number of nitrogens with zero attached hydrogens (tertiary/aromatic N) is 1. The van der Waals surface area contributed by atoms with Gasteiger partial charge < -0.3 is 10.2 Å². The Morgan fingerprint density at radius 2 is 2.17 bits per heavy atom. The molecule has 0 radical (unpaired) electrons. The van der Waals surface area contributed by atoms with Crippen LogP contribution in [0, 0.1) is 5.82 Å². The Morgan fingerprint density at radius 1 is 1.33 bits per heavy atom. The van der Waals surface area contributed by atoms with Crippen LogP contribution in [0.4, 0.5) is 10.1 Å². The van der Waals surface area contributed by atoms with Crippen LogP contribution < -0.4 is 10.2 Å². The molecule has 2 aromatic rings. The molecule has 0 spiro atoms. The van der Waals surface area contributed by atoms with Gasteiger partial charge in [-0.15, -0.1) is 0 Å². The number of thiophene rings is 1. The van der Waals surface area contributed by atoms with Crippen molar-refractivity contribution in [2.45, 2.75) is 13.1 Å². The van der Waals surface area contributed by atoms with Crippen LogP contribution >= 0.6 is 11.3 Å². The van der Waals surface area contributed by atoms with Gasteiger partial charge in [0.25, 0.3) is 0 Å². The second kappa shape index (κ2) is 5.98. The molecule has 2 rings (SSSR count). The molecule has 1 aromatic carbocycles. The van der Waals surface area contributed by atoms with Gasteiger partial charge in [0, 0.05) is 20.1 Å². The van der Waals surface area contributed by atoms with E-state index in [-0.39, 0.29) is 5.82 Å². The van der Waals surface area contributed by atoms with Gasteiger partial charge in [-0.05, 0) is 41.1 Å². The third-order valence-electron chi connectivity index (χ3n) is 2.82. The van der Waals surface area contributed by atoms with E-state index in [9.17, 15) is 4.39 Å². The van der Waals surface area contributed by atoms with E-state index >= 15 is 0 Å². The van der Waals surface area contributed by atoms with E-state index in [2.05, 4.69) is 16.8 Å². The Balaban J connectivity index is 2.25. The normalized spacial score (nSPS) is 10.6. The SMILES string of the molecule is CNCc1cccc(F)c1N(C)Cc1ccsc1. The number of hydrogen-bond donors (Lipinski definition) is 1. The minimum absolute atomic E-state index is 0.166. The minimum atomic E-state index is -0.166. The maximum Gasteiger partial charge on any atom is 0.146 e. The zero-order valence-electron chi connectivity index (χ0n) is 10.6. The molecule has 1 aromatic heterocycles. The number of nitrogens with one attached hydrogen (secondary N) is 1. The molecular weight excluding hydrogens is 247 g/mol. The number of benzene rings is 1. The van der Waals surface area contributed by atoms with E-state index in [1.807, 2.05) is 30.4 Å². The first-order valence-electron chi connectivity index (χ1n) is 5.86. The highest BCUT2D eigenvalue weighted by Crippen LogP contribution is 2.25. The lowest BCUT2D eigenvalue weighted by Gasteiger charge is -2.22. The first-order valence-corrected chi connectivity index (χ1v) is 6.81. The van der Waals surface area contributed by atoms with Crippen LogP contribution in [0.15, 0.2) is 35.0 Å². The topological polar surface area (TPSA) is 15.3 Å². The molecular formula is C14H17FN2S. The lowest BCUT2D eigenvalue weighted by Crippen LogP contribution is -2.20. The lowest BCUT2D eigenvalue weighted by atomic mass is 10.1. The molecule has 1 heterocycles. The fourth-order valence-corrected chi connectivity index (χ4v) is 2.72. The quantitative estimate of drug-likeness (QED) is 0.892. The smallest absolute Gasteiger partial charge is 0.146 e. The maximum absolute atomic E-state index is 14.0. The van der Waals surface area contributed by atoms with Crippen molar-refractivity contribution in [1.29, 1.82) is 0 Å². The molecule has 0 aliphatic rings. The van der Waals surface area contributed by atoms with Gasteiger partial charge in [-0.1, -0.05) is 12.1 Å². The first kappa shape index (κ1) is 13.1. The fraction of sp³-hybridized carbons (Fsp3) is 0.286. The Bertz CT molecular complexity index is 497. The van der Waals surface area contributed by atoms with E-state index in [0.29, 0.717) is 12.2 Å². The largest absolute Gasteiger partial charge is 0.368 e. The average Bonchev–Trinajstić information content (AvgIpc) is 2.82. The Labute approximate surface area is 111 Å². The summed E-state index contributed by atoms with van der Waals surface area (Å²) in [5.74, 6) is -0.166. The molecule has 0 saturated carbocycles. The predicted octanol–water partition coefficient (Wildman–Crippen LogP) is 3.24. The molecule has 1 N–H and O–H groups in total. The predicted molar refractivity (Wildman–Crippen MR) is 75.6 cm³/mol. The summed E-state index contributed by atoms with van der Waals surface area (Å²) in [4.78, 5) is 1.96. The van der Waals surface area contributed by atoms with Crippen LogP contribution in [-0.4, -0.2) is 14.1 Å². The zero-order chi connectivity index (χ0) is 13.0. The number of halogens is 1. The van der Waals surface area contributed by atoms with E-state index < -0.39 is 0 Å². The summed E-state index contributed by atoms with van der Waals surface area (Å²) in [7, 11) is 3.79. The second-order valence-electron chi connectivity index (χ2n) is 4.27. The number of anilines is 1. The molecule has 2 nitrogen and oxygen atoms in total. The molecule has 0 bridgehead atoms. The van der Waals surface area contributed by atoms with Gasteiger partial charge in [0.2, 0.25) is 0 Å². The summed E-state index contributed by atoms with van der Waals surface area (Å²) in [6.07, 6.45) is 0. The molecule has 0 aliphatic carbocycles. The molecule has 0 aliphatic heterocycles. The maximum atomic E-state index is 14.0. The Hall–Kier alpha value is -1.39. The third-order valence-corrected chi connectivity index (χ3v) is 3.55. The summed E-state index contributed by atoms with van der Waals surface area (Å²) in [5, 5.41) is 7.21. The Kier molecular flexibility index (Phi) is 4.33. The number of hydrogen-bond acceptors (Lipinski definition) is 3. The van der Waals surface area contributed by atoms with Crippen molar-refractivity contribution < 1.29 is 4.39 Å². The third kappa shape index (κ3) is 2.89. The summed E-state index contributed by atoms with van der Waals surface area (Å²) in [6, 6.07) is 7.29. The highest BCUT2D eigenvalue weighted by atomic mass is 32.1. The number of rotatable bonds is 5. The number of para-hydroxylation sites is 1. The summed E-state index contributed by atoms with van der Waals surface area (Å²) in [6.45, 7) is 1.39. The summed E-state index contributed by atoms with van der Waals surface area (Å²) in [5.41, 5.74) is 2.87. The van der Waals surface area contributed by atoms with Crippen molar-refractivity contribution in [2.24, 2.45) is 0 Å². The van der Waals surface area contributed by atoms with Crippen molar-refractivity contribution in [1.82, 2.24) is 5.32 Å². The van der Waals surface area contributed by atoms with Crippen molar-refractivity contribution >= 4 is 17.0 Å². The second-order valence-corrected chi connectivity index (χ2v) is 5.05.